The standard InChI is InChI=1S/C14H16N4S/c1-18(2)8-7-15-14-13-12(16-9-17-14)10-5-3-4-6-11(10)19-13/h3-6,9H,7-8H2,1-2H3,(H,15,16,17). The van der Waals surface area contributed by atoms with Gasteiger partial charge >= 0.3 is 0 Å². The van der Waals surface area contributed by atoms with Crippen molar-refractivity contribution in [3.8, 4) is 0 Å². The molecule has 0 saturated heterocycles. The number of hydrogen-bond acceptors (Lipinski definition) is 5. The van der Waals surface area contributed by atoms with Gasteiger partial charge in [-0.15, -0.1) is 11.3 Å². The topological polar surface area (TPSA) is 41.0 Å². The van der Waals surface area contributed by atoms with Gasteiger partial charge in [0.2, 0.25) is 0 Å². The van der Waals surface area contributed by atoms with Gasteiger partial charge < -0.3 is 10.2 Å². The molecule has 0 saturated carbocycles. The fourth-order valence-corrected chi connectivity index (χ4v) is 3.17. The largest absolute Gasteiger partial charge is 0.367 e. The third kappa shape index (κ3) is 2.39. The molecule has 5 heteroatoms. The van der Waals surface area contributed by atoms with E-state index in [0.29, 0.717) is 0 Å². The van der Waals surface area contributed by atoms with Gasteiger partial charge in [-0.2, -0.15) is 0 Å². The minimum atomic E-state index is 0.882. The highest BCUT2D eigenvalue weighted by Gasteiger charge is 2.10. The molecule has 3 rings (SSSR count). The van der Waals surface area contributed by atoms with Gasteiger partial charge in [0.05, 0.1) is 10.2 Å². The van der Waals surface area contributed by atoms with Crippen LogP contribution in [0.1, 0.15) is 0 Å². The highest BCUT2D eigenvalue weighted by atomic mass is 32.1. The Bertz CT molecular complexity index is 705. The smallest absolute Gasteiger partial charge is 0.147 e. The average molecular weight is 272 g/mol. The van der Waals surface area contributed by atoms with Gasteiger partial charge in [-0.3, -0.25) is 0 Å². The molecule has 2 heterocycles. The molecule has 4 nitrogen and oxygen atoms in total. The average Bonchev–Trinajstić information content (AvgIpc) is 2.78. The molecule has 0 spiro atoms. The van der Waals surface area contributed by atoms with E-state index < -0.39 is 0 Å². The van der Waals surface area contributed by atoms with Gasteiger partial charge in [-0.1, -0.05) is 18.2 Å². The number of benzene rings is 1. The maximum Gasteiger partial charge on any atom is 0.147 e. The summed E-state index contributed by atoms with van der Waals surface area (Å²) in [6, 6.07) is 8.36. The lowest BCUT2D eigenvalue weighted by Gasteiger charge is -2.10. The monoisotopic (exact) mass is 272 g/mol. The summed E-state index contributed by atoms with van der Waals surface area (Å²) in [6.07, 6.45) is 1.64. The van der Waals surface area contributed by atoms with Crippen LogP contribution in [0.3, 0.4) is 0 Å². The fraction of sp³-hybridized carbons (Fsp3) is 0.286. The summed E-state index contributed by atoms with van der Waals surface area (Å²) in [6.45, 7) is 1.86. The minimum absolute atomic E-state index is 0.882. The number of nitrogens with one attached hydrogen (secondary N) is 1. The SMILES string of the molecule is CN(C)CCNc1ncnc2c1sc1ccccc12. The molecule has 0 aliphatic carbocycles. The van der Waals surface area contributed by atoms with E-state index in [1.165, 1.54) is 10.1 Å². The predicted molar refractivity (Wildman–Crippen MR) is 82.0 cm³/mol. The first-order valence-corrected chi connectivity index (χ1v) is 7.08. The Kier molecular flexibility index (Phi) is 3.31. The summed E-state index contributed by atoms with van der Waals surface area (Å²) in [4.78, 5) is 10.9. The predicted octanol–water partition coefficient (Wildman–Crippen LogP) is 2.82. The van der Waals surface area contributed by atoms with Crippen LogP contribution in [-0.2, 0) is 0 Å². The van der Waals surface area contributed by atoms with Crippen molar-refractivity contribution in [1.82, 2.24) is 14.9 Å². The molecule has 19 heavy (non-hydrogen) atoms. The van der Waals surface area contributed by atoms with Crippen LogP contribution in [0.4, 0.5) is 5.82 Å². The highest BCUT2D eigenvalue weighted by Crippen LogP contribution is 2.35. The van der Waals surface area contributed by atoms with Crippen molar-refractivity contribution in [3.05, 3.63) is 30.6 Å². The Morgan fingerprint density at radius 3 is 2.89 bits per heavy atom. The number of nitrogens with zero attached hydrogens (tertiary/aromatic N) is 3. The van der Waals surface area contributed by atoms with Crippen LogP contribution in [0.5, 0.6) is 0 Å². The fourth-order valence-electron chi connectivity index (χ4n) is 2.05. The Balaban J connectivity index is 2.00. The third-order valence-corrected chi connectivity index (χ3v) is 4.18. The van der Waals surface area contributed by atoms with E-state index in [4.69, 9.17) is 0 Å². The zero-order valence-electron chi connectivity index (χ0n) is 11.1. The van der Waals surface area contributed by atoms with Gasteiger partial charge in [0, 0.05) is 23.2 Å². The second-order valence-corrected chi connectivity index (χ2v) is 5.78. The van der Waals surface area contributed by atoms with Crippen LogP contribution >= 0.6 is 11.3 Å². The van der Waals surface area contributed by atoms with Crippen LogP contribution in [0, 0.1) is 0 Å². The zero-order valence-corrected chi connectivity index (χ0v) is 11.9. The van der Waals surface area contributed by atoms with Gasteiger partial charge in [-0.05, 0) is 20.2 Å². The van der Waals surface area contributed by atoms with E-state index in [0.717, 1.165) is 29.1 Å². The van der Waals surface area contributed by atoms with E-state index in [2.05, 4.69) is 58.5 Å². The van der Waals surface area contributed by atoms with Crippen molar-refractivity contribution in [2.24, 2.45) is 0 Å². The van der Waals surface area contributed by atoms with Gasteiger partial charge in [0.25, 0.3) is 0 Å². The second-order valence-electron chi connectivity index (χ2n) is 4.73. The number of aromatic nitrogens is 2. The quantitative estimate of drug-likeness (QED) is 0.793. The minimum Gasteiger partial charge on any atom is -0.367 e. The van der Waals surface area contributed by atoms with Crippen LogP contribution in [-0.4, -0.2) is 42.1 Å². The Hall–Kier alpha value is -1.72. The van der Waals surface area contributed by atoms with Crippen molar-refractivity contribution < 1.29 is 0 Å². The molecule has 0 fully saturated rings. The number of fused-ring (bicyclic) bond motifs is 3. The molecule has 0 aliphatic rings. The maximum absolute atomic E-state index is 4.42. The molecule has 0 amide bonds. The molecule has 0 atom stereocenters. The summed E-state index contributed by atoms with van der Waals surface area (Å²) < 4.78 is 2.40. The number of thiophene rings is 1. The lowest BCUT2D eigenvalue weighted by atomic mass is 10.2. The molecule has 3 aromatic rings. The normalized spacial score (nSPS) is 11.5. The van der Waals surface area contributed by atoms with Crippen molar-refractivity contribution in [1.29, 1.82) is 0 Å². The molecule has 1 N–H and O–H groups in total. The van der Waals surface area contributed by atoms with Crippen LogP contribution in [0.15, 0.2) is 30.6 Å². The zero-order chi connectivity index (χ0) is 13.2. The third-order valence-electron chi connectivity index (χ3n) is 3.01. The highest BCUT2D eigenvalue weighted by molar-refractivity contribution is 7.26. The summed E-state index contributed by atoms with van der Waals surface area (Å²) in [5.74, 6) is 0.938. The Morgan fingerprint density at radius 2 is 2.05 bits per heavy atom. The summed E-state index contributed by atoms with van der Waals surface area (Å²) in [7, 11) is 4.13. The molecule has 1 aromatic carbocycles. The lowest BCUT2D eigenvalue weighted by Crippen LogP contribution is -2.21. The van der Waals surface area contributed by atoms with Crippen LogP contribution in [0.25, 0.3) is 20.3 Å². The number of hydrogen-bond donors (Lipinski definition) is 1. The van der Waals surface area contributed by atoms with Crippen molar-refractivity contribution in [2.75, 3.05) is 32.5 Å². The number of rotatable bonds is 4. The molecular weight excluding hydrogens is 256 g/mol. The van der Waals surface area contributed by atoms with Gasteiger partial charge in [-0.25, -0.2) is 9.97 Å². The van der Waals surface area contributed by atoms with E-state index >= 15 is 0 Å². The Labute approximate surface area is 116 Å². The van der Waals surface area contributed by atoms with Gasteiger partial charge in [0.15, 0.2) is 0 Å². The first-order chi connectivity index (χ1) is 9.25. The van der Waals surface area contributed by atoms with E-state index in [1.807, 2.05) is 0 Å². The van der Waals surface area contributed by atoms with Crippen molar-refractivity contribution in [3.63, 3.8) is 0 Å². The van der Waals surface area contributed by atoms with Gasteiger partial charge in [0.1, 0.15) is 12.1 Å². The summed E-state index contributed by atoms with van der Waals surface area (Å²) >= 11 is 1.75. The lowest BCUT2D eigenvalue weighted by molar-refractivity contribution is 0.425. The molecule has 0 aliphatic heterocycles. The number of likely N-dealkylation sites (N-methyl/N-ethyl adjacent to an activating group) is 1. The second kappa shape index (κ2) is 5.11. The Morgan fingerprint density at radius 1 is 1.21 bits per heavy atom. The summed E-state index contributed by atoms with van der Waals surface area (Å²) in [5.41, 5.74) is 1.04. The van der Waals surface area contributed by atoms with Crippen LogP contribution < -0.4 is 5.32 Å². The molecule has 0 unspecified atom stereocenters. The van der Waals surface area contributed by atoms with E-state index in [9.17, 15) is 0 Å². The molecule has 2 aromatic heterocycles. The molecule has 98 valence electrons. The van der Waals surface area contributed by atoms with E-state index in [1.54, 1.807) is 17.7 Å². The number of anilines is 1. The van der Waals surface area contributed by atoms with Crippen LogP contribution in [0.2, 0.25) is 0 Å². The molecule has 0 bridgehead atoms. The first kappa shape index (κ1) is 12.3. The van der Waals surface area contributed by atoms with E-state index in [-0.39, 0.29) is 0 Å². The van der Waals surface area contributed by atoms with Crippen molar-refractivity contribution >= 4 is 37.5 Å². The molecule has 0 radical (unpaired) electrons. The van der Waals surface area contributed by atoms with Crippen molar-refractivity contribution in [2.45, 2.75) is 0 Å². The summed E-state index contributed by atoms with van der Waals surface area (Å²) in [5, 5.41) is 4.61. The first-order valence-electron chi connectivity index (χ1n) is 6.26. The maximum atomic E-state index is 4.42. The molecular formula is C14H16N4S.